The van der Waals surface area contributed by atoms with Crippen LogP contribution in [0.5, 0.6) is 5.75 Å². The summed E-state index contributed by atoms with van der Waals surface area (Å²) in [6.07, 6.45) is -5.07. The highest BCUT2D eigenvalue weighted by Gasteiger charge is 2.32. The van der Waals surface area contributed by atoms with Crippen LogP contribution in [0.15, 0.2) is 24.3 Å². The molecule has 1 nitrogen and oxygen atoms in total. The van der Waals surface area contributed by atoms with Crippen LogP contribution in [-0.2, 0) is 0 Å². The standard InChI is InChI=1S/C13H4F8O/c14-8-7(9(15)11(17)12(18)10(8)16)5-2-1-3-6(4-5)22-13(19,20)21/h1-4H. The molecule has 118 valence electrons. The average molecular weight is 328 g/mol. The number of rotatable bonds is 2. The molecule has 0 atom stereocenters. The van der Waals surface area contributed by atoms with E-state index >= 15 is 0 Å². The second kappa shape index (κ2) is 5.47. The lowest BCUT2D eigenvalue weighted by atomic mass is 10.0. The zero-order chi connectivity index (χ0) is 16.7. The van der Waals surface area contributed by atoms with E-state index in [9.17, 15) is 35.1 Å². The second-order valence-electron chi connectivity index (χ2n) is 4.02. The molecule has 0 saturated carbocycles. The maximum atomic E-state index is 13.6. The van der Waals surface area contributed by atoms with Crippen molar-refractivity contribution in [1.82, 2.24) is 0 Å². The summed E-state index contributed by atoms with van der Waals surface area (Å²) in [6, 6.07) is 3.10. The Labute approximate surface area is 117 Å². The van der Waals surface area contributed by atoms with Crippen molar-refractivity contribution in [2.45, 2.75) is 6.36 Å². The van der Waals surface area contributed by atoms with Gasteiger partial charge in [0, 0.05) is 0 Å². The van der Waals surface area contributed by atoms with Crippen LogP contribution in [0, 0.1) is 29.1 Å². The minimum Gasteiger partial charge on any atom is -0.406 e. The third-order valence-electron chi connectivity index (χ3n) is 2.57. The Morgan fingerprint density at radius 1 is 0.727 bits per heavy atom. The van der Waals surface area contributed by atoms with E-state index in [0.29, 0.717) is 6.07 Å². The normalized spacial score (nSPS) is 11.6. The summed E-state index contributed by atoms with van der Waals surface area (Å²) < 4.78 is 106. The van der Waals surface area contributed by atoms with Gasteiger partial charge in [-0.1, -0.05) is 12.1 Å². The summed E-state index contributed by atoms with van der Waals surface area (Å²) in [4.78, 5) is 0. The largest absolute Gasteiger partial charge is 0.573 e. The highest BCUT2D eigenvalue weighted by Crippen LogP contribution is 2.34. The van der Waals surface area contributed by atoms with Crippen LogP contribution >= 0.6 is 0 Å². The maximum Gasteiger partial charge on any atom is 0.573 e. The minimum atomic E-state index is -5.07. The van der Waals surface area contributed by atoms with Gasteiger partial charge in [0.05, 0.1) is 5.56 Å². The van der Waals surface area contributed by atoms with Crippen LogP contribution < -0.4 is 4.74 Å². The Morgan fingerprint density at radius 3 is 1.73 bits per heavy atom. The van der Waals surface area contributed by atoms with Gasteiger partial charge in [-0.3, -0.25) is 0 Å². The molecular weight excluding hydrogens is 324 g/mol. The molecule has 0 heterocycles. The fraction of sp³-hybridized carbons (Fsp3) is 0.0769. The van der Waals surface area contributed by atoms with E-state index in [1.54, 1.807) is 0 Å². The molecule has 0 saturated heterocycles. The molecule has 0 aliphatic rings. The van der Waals surface area contributed by atoms with Crippen molar-refractivity contribution in [3.05, 3.63) is 53.4 Å². The first-order valence-electron chi connectivity index (χ1n) is 5.49. The van der Waals surface area contributed by atoms with Gasteiger partial charge >= 0.3 is 6.36 Å². The van der Waals surface area contributed by atoms with Crippen molar-refractivity contribution in [3.63, 3.8) is 0 Å². The highest BCUT2D eigenvalue weighted by atomic mass is 19.4. The van der Waals surface area contributed by atoms with Crippen molar-refractivity contribution < 1.29 is 39.9 Å². The lowest BCUT2D eigenvalue weighted by Crippen LogP contribution is -2.17. The van der Waals surface area contributed by atoms with Gasteiger partial charge in [0.2, 0.25) is 5.82 Å². The summed E-state index contributed by atoms with van der Waals surface area (Å²) in [6.45, 7) is 0. The van der Waals surface area contributed by atoms with Gasteiger partial charge in [-0.2, -0.15) is 0 Å². The van der Waals surface area contributed by atoms with Crippen LogP contribution in [0.1, 0.15) is 0 Å². The van der Waals surface area contributed by atoms with E-state index in [1.165, 1.54) is 0 Å². The molecule has 0 spiro atoms. The predicted molar refractivity (Wildman–Crippen MR) is 58.4 cm³/mol. The van der Waals surface area contributed by atoms with E-state index < -0.39 is 52.3 Å². The van der Waals surface area contributed by atoms with Crippen molar-refractivity contribution in [2.24, 2.45) is 0 Å². The van der Waals surface area contributed by atoms with Gasteiger partial charge in [0.1, 0.15) is 5.75 Å². The highest BCUT2D eigenvalue weighted by molar-refractivity contribution is 5.66. The Kier molecular flexibility index (Phi) is 3.99. The molecule has 0 fully saturated rings. The van der Waals surface area contributed by atoms with Crippen molar-refractivity contribution in [2.75, 3.05) is 0 Å². The quantitative estimate of drug-likeness (QED) is 0.431. The van der Waals surface area contributed by atoms with E-state index in [2.05, 4.69) is 4.74 Å². The van der Waals surface area contributed by atoms with Crippen LogP contribution in [0.4, 0.5) is 35.1 Å². The number of hydrogen-bond donors (Lipinski definition) is 0. The van der Waals surface area contributed by atoms with E-state index in [4.69, 9.17) is 0 Å². The first kappa shape index (κ1) is 16.1. The number of halogens is 8. The molecule has 0 N–H and O–H groups in total. The topological polar surface area (TPSA) is 9.23 Å². The molecule has 22 heavy (non-hydrogen) atoms. The molecule has 0 radical (unpaired) electrons. The monoisotopic (exact) mass is 328 g/mol. The lowest BCUT2D eigenvalue weighted by Gasteiger charge is -2.12. The van der Waals surface area contributed by atoms with Gasteiger partial charge in [0.15, 0.2) is 23.3 Å². The van der Waals surface area contributed by atoms with Gasteiger partial charge in [0.25, 0.3) is 0 Å². The van der Waals surface area contributed by atoms with Crippen LogP contribution in [-0.4, -0.2) is 6.36 Å². The number of hydrogen-bond acceptors (Lipinski definition) is 1. The Balaban J connectivity index is 2.61. The third kappa shape index (κ3) is 2.97. The summed E-state index contributed by atoms with van der Waals surface area (Å²) in [5.74, 6) is -11.9. The van der Waals surface area contributed by atoms with Gasteiger partial charge in [-0.05, 0) is 17.7 Å². The smallest absolute Gasteiger partial charge is 0.406 e. The number of alkyl halides is 3. The molecule has 0 aliphatic carbocycles. The van der Waals surface area contributed by atoms with Crippen LogP contribution in [0.2, 0.25) is 0 Å². The van der Waals surface area contributed by atoms with Crippen molar-refractivity contribution >= 4 is 0 Å². The second-order valence-corrected chi connectivity index (χ2v) is 4.02. The summed E-state index contributed by atoms with van der Waals surface area (Å²) in [5.41, 5.74) is -2.00. The maximum absolute atomic E-state index is 13.6. The summed E-state index contributed by atoms with van der Waals surface area (Å²) >= 11 is 0. The van der Waals surface area contributed by atoms with Gasteiger partial charge in [-0.15, -0.1) is 13.2 Å². The molecule has 0 amide bonds. The lowest BCUT2D eigenvalue weighted by molar-refractivity contribution is -0.274. The van der Waals surface area contributed by atoms with Crippen molar-refractivity contribution in [1.29, 1.82) is 0 Å². The fourth-order valence-electron chi connectivity index (χ4n) is 1.71. The first-order chi connectivity index (χ1) is 10.1. The zero-order valence-electron chi connectivity index (χ0n) is 10.2. The molecular formula is C13H4F8O. The molecule has 9 heteroatoms. The molecule has 2 rings (SSSR count). The Hall–Kier alpha value is -2.32. The molecule has 0 aromatic heterocycles. The predicted octanol–water partition coefficient (Wildman–Crippen LogP) is 4.95. The molecule has 2 aromatic carbocycles. The summed E-state index contributed by atoms with van der Waals surface area (Å²) in [7, 11) is 0. The number of benzene rings is 2. The van der Waals surface area contributed by atoms with Crippen LogP contribution in [0.3, 0.4) is 0 Å². The van der Waals surface area contributed by atoms with Gasteiger partial charge < -0.3 is 4.74 Å². The van der Waals surface area contributed by atoms with Gasteiger partial charge in [-0.25, -0.2) is 22.0 Å². The zero-order valence-corrected chi connectivity index (χ0v) is 10.2. The van der Waals surface area contributed by atoms with Crippen molar-refractivity contribution in [3.8, 4) is 16.9 Å². The minimum absolute atomic E-state index is 0.506. The summed E-state index contributed by atoms with van der Waals surface area (Å²) in [5, 5.41) is 0. The molecule has 2 aromatic rings. The van der Waals surface area contributed by atoms with E-state index in [0.717, 1.165) is 18.2 Å². The SMILES string of the molecule is Fc1c(F)c(F)c(-c2cccc(OC(F)(F)F)c2)c(F)c1F. The van der Waals surface area contributed by atoms with Crippen LogP contribution in [0.25, 0.3) is 11.1 Å². The third-order valence-corrected chi connectivity index (χ3v) is 2.57. The fourth-order valence-corrected chi connectivity index (χ4v) is 1.71. The van der Waals surface area contributed by atoms with E-state index in [-0.39, 0.29) is 0 Å². The van der Waals surface area contributed by atoms with E-state index in [1.807, 2.05) is 0 Å². The first-order valence-corrected chi connectivity index (χ1v) is 5.49. The molecule has 0 unspecified atom stereocenters. The Bertz CT molecular complexity index is 694. The average Bonchev–Trinajstić information content (AvgIpc) is 2.42. The molecule has 0 bridgehead atoms. The molecule has 0 aliphatic heterocycles. The number of ether oxygens (including phenoxy) is 1. The Morgan fingerprint density at radius 2 is 1.23 bits per heavy atom.